The van der Waals surface area contributed by atoms with Crippen LogP contribution in [0.3, 0.4) is 0 Å². The van der Waals surface area contributed by atoms with Gasteiger partial charge in [-0.05, 0) is 82.4 Å². The van der Waals surface area contributed by atoms with Crippen molar-refractivity contribution in [2.75, 3.05) is 26.7 Å². The summed E-state index contributed by atoms with van der Waals surface area (Å²) >= 11 is 0. The number of aliphatic hydroxyl groups is 1. The number of ketones is 1. The lowest BCUT2D eigenvalue weighted by Crippen LogP contribution is -2.34. The first-order valence-electron chi connectivity index (χ1n) is 17.3. The molecular formula is C40H75N3O3. The van der Waals surface area contributed by atoms with Gasteiger partial charge in [0.05, 0.1) is 5.70 Å². The van der Waals surface area contributed by atoms with Crippen LogP contribution in [-0.4, -0.2) is 54.2 Å². The molecule has 1 aliphatic carbocycles. The number of Topliss-reactive ketones (excluding diaryl/α,β-unsaturated/α-hetero) is 1. The van der Waals surface area contributed by atoms with Gasteiger partial charge in [0.2, 0.25) is 5.91 Å². The summed E-state index contributed by atoms with van der Waals surface area (Å²) in [7, 11) is 1.00. The summed E-state index contributed by atoms with van der Waals surface area (Å²) in [5, 5.41) is 7.00. The Kier molecular flexibility index (Phi) is 43.8. The van der Waals surface area contributed by atoms with Crippen molar-refractivity contribution >= 4 is 17.4 Å². The van der Waals surface area contributed by atoms with E-state index in [1.807, 2.05) is 11.0 Å². The number of amides is 1. The number of carbonyl (C=O) groups is 2. The van der Waals surface area contributed by atoms with Gasteiger partial charge >= 0.3 is 0 Å². The third-order valence-electron chi connectivity index (χ3n) is 6.95. The maximum Gasteiger partial charge on any atom is 0.244 e. The molecule has 0 atom stereocenters. The van der Waals surface area contributed by atoms with Crippen molar-refractivity contribution in [1.82, 2.24) is 4.90 Å². The highest BCUT2D eigenvalue weighted by atomic mass is 16.2. The van der Waals surface area contributed by atoms with Crippen molar-refractivity contribution in [2.45, 2.75) is 147 Å². The molecule has 1 aliphatic rings. The smallest absolute Gasteiger partial charge is 0.244 e. The standard InChI is InChI=1S/C16H27N3O2.C10H16.C8H18.C3H8.C2H2.CH4O/c1-4-9-19(10-5-2)15(21)11-18-14-8-6-7-13(14)16(17)12(3)20;1-6-8(3)10(5)9(4)7-2;1-4-5-6-7-8(2)3;1-3-2;2*1-2/h4-11,17H2,1-3H3;6-7H,1H2,2-5H3;8H,4-7H2,1-3H3;3H2,1-2H3;1-2H;2H,1H3/b16-13-,18-14?;9-7-,10-8-;;;;. The maximum atomic E-state index is 12.2. The van der Waals surface area contributed by atoms with Gasteiger partial charge in [0.15, 0.2) is 5.78 Å². The molecule has 0 aliphatic heterocycles. The van der Waals surface area contributed by atoms with Gasteiger partial charge in [0.1, 0.15) is 6.54 Å². The molecule has 1 fully saturated rings. The van der Waals surface area contributed by atoms with Crippen LogP contribution in [0.1, 0.15) is 147 Å². The summed E-state index contributed by atoms with van der Waals surface area (Å²) in [5.74, 6) is 0.838. The molecule has 46 heavy (non-hydrogen) atoms. The molecule has 0 saturated heterocycles. The molecule has 0 aromatic heterocycles. The quantitative estimate of drug-likeness (QED) is 0.0902. The van der Waals surface area contributed by atoms with Crippen LogP contribution < -0.4 is 5.73 Å². The number of carbonyl (C=O) groups excluding carboxylic acids is 2. The predicted molar refractivity (Wildman–Crippen MR) is 206 cm³/mol. The Bertz CT molecular complexity index is 915. The number of rotatable bonds is 13. The van der Waals surface area contributed by atoms with Crippen LogP contribution in [0.25, 0.3) is 0 Å². The second kappa shape index (κ2) is 38.3. The minimum Gasteiger partial charge on any atom is -0.400 e. The minimum atomic E-state index is -0.121. The van der Waals surface area contributed by atoms with E-state index in [0.717, 1.165) is 69.5 Å². The normalized spacial score (nSPS) is 14.2. The highest BCUT2D eigenvalue weighted by Gasteiger charge is 2.21. The molecule has 6 nitrogen and oxygen atoms in total. The Hall–Kier alpha value is -2.91. The van der Waals surface area contributed by atoms with Crippen LogP contribution in [0, 0.1) is 18.8 Å². The third-order valence-corrected chi connectivity index (χ3v) is 6.95. The second-order valence-corrected chi connectivity index (χ2v) is 11.5. The number of aliphatic imine (C=N–C) groups is 1. The fraction of sp³-hybridized carbons (Fsp3) is 0.675. The Balaban J connectivity index is -0.000000187. The molecule has 1 rings (SSSR count). The van der Waals surface area contributed by atoms with Crippen LogP contribution in [0.4, 0.5) is 0 Å². The van der Waals surface area contributed by atoms with Gasteiger partial charge in [-0.3, -0.25) is 14.6 Å². The van der Waals surface area contributed by atoms with Crippen molar-refractivity contribution in [3.05, 3.63) is 46.7 Å². The number of unbranched alkanes of at least 4 members (excludes halogenated alkanes) is 2. The molecule has 0 unspecified atom stereocenters. The molecule has 268 valence electrons. The molecular weight excluding hydrogens is 570 g/mol. The third kappa shape index (κ3) is 29.8. The lowest BCUT2D eigenvalue weighted by atomic mass is 10.0. The Labute approximate surface area is 286 Å². The number of hydrogen-bond acceptors (Lipinski definition) is 5. The summed E-state index contributed by atoms with van der Waals surface area (Å²) in [6.07, 6.45) is 23.3. The summed E-state index contributed by atoms with van der Waals surface area (Å²) in [6, 6.07) is 0. The zero-order valence-electron chi connectivity index (χ0n) is 32.5. The van der Waals surface area contributed by atoms with Crippen LogP contribution in [0.5, 0.6) is 0 Å². The SMILES string of the molecule is C#C.C=C/C(C)=C(C)\C(C)=C/C.CCC.CCCCCC(C)C.CCCN(CCC)C(=O)CN=C1CCC/C1=C(/N)C(C)=O.CO. The van der Waals surface area contributed by atoms with Gasteiger partial charge in [-0.25, -0.2) is 0 Å². The number of terminal acetylenes is 1. The highest BCUT2D eigenvalue weighted by Crippen LogP contribution is 2.24. The fourth-order valence-electron chi connectivity index (χ4n) is 4.05. The molecule has 0 bridgehead atoms. The van der Waals surface area contributed by atoms with Crippen molar-refractivity contribution in [3.8, 4) is 12.8 Å². The van der Waals surface area contributed by atoms with E-state index in [2.05, 4.69) is 107 Å². The molecule has 1 amide bonds. The van der Waals surface area contributed by atoms with Crippen LogP contribution >= 0.6 is 0 Å². The lowest BCUT2D eigenvalue weighted by molar-refractivity contribution is -0.129. The van der Waals surface area contributed by atoms with Gasteiger partial charge in [-0.1, -0.05) is 105 Å². The van der Waals surface area contributed by atoms with E-state index in [1.54, 1.807) is 0 Å². The summed E-state index contributed by atoms with van der Waals surface area (Å²) < 4.78 is 0. The van der Waals surface area contributed by atoms with E-state index in [9.17, 15) is 9.59 Å². The van der Waals surface area contributed by atoms with Gasteiger partial charge in [0.25, 0.3) is 0 Å². The fourth-order valence-corrected chi connectivity index (χ4v) is 4.05. The first kappa shape index (κ1) is 52.6. The molecule has 0 heterocycles. The van der Waals surface area contributed by atoms with E-state index < -0.39 is 0 Å². The highest BCUT2D eigenvalue weighted by molar-refractivity contribution is 6.09. The molecule has 6 heteroatoms. The molecule has 0 aromatic carbocycles. The lowest BCUT2D eigenvalue weighted by Gasteiger charge is -2.20. The average molecular weight is 646 g/mol. The van der Waals surface area contributed by atoms with Crippen LogP contribution in [0.15, 0.2) is 51.7 Å². The summed E-state index contributed by atoms with van der Waals surface area (Å²) in [4.78, 5) is 29.9. The number of nitrogens with zero attached hydrogens (tertiary/aromatic N) is 2. The van der Waals surface area contributed by atoms with E-state index in [-0.39, 0.29) is 18.2 Å². The Morgan fingerprint density at radius 3 is 1.83 bits per heavy atom. The number of nitrogens with two attached hydrogens (primary N) is 1. The Morgan fingerprint density at radius 2 is 1.46 bits per heavy atom. The second-order valence-electron chi connectivity index (χ2n) is 11.5. The first-order valence-corrected chi connectivity index (χ1v) is 17.3. The maximum absolute atomic E-state index is 12.2. The van der Waals surface area contributed by atoms with Gasteiger partial charge in [0, 0.05) is 32.8 Å². The summed E-state index contributed by atoms with van der Waals surface area (Å²) in [6.45, 7) is 30.4. The number of aliphatic hydroxyl groups excluding tert-OH is 1. The van der Waals surface area contributed by atoms with Crippen molar-refractivity contribution < 1.29 is 14.7 Å². The van der Waals surface area contributed by atoms with E-state index in [4.69, 9.17) is 10.8 Å². The molecule has 3 N–H and O–H groups in total. The minimum absolute atomic E-state index is 0.0545. The molecule has 0 radical (unpaired) electrons. The largest absolute Gasteiger partial charge is 0.400 e. The summed E-state index contributed by atoms with van der Waals surface area (Å²) in [5.41, 5.74) is 11.7. The van der Waals surface area contributed by atoms with Crippen molar-refractivity contribution in [1.29, 1.82) is 0 Å². The first-order chi connectivity index (χ1) is 21.8. The van der Waals surface area contributed by atoms with Crippen LogP contribution in [0.2, 0.25) is 0 Å². The molecule has 0 aromatic rings. The zero-order valence-corrected chi connectivity index (χ0v) is 32.5. The Morgan fingerprint density at radius 1 is 0.957 bits per heavy atom. The van der Waals surface area contributed by atoms with Crippen LogP contribution in [-0.2, 0) is 9.59 Å². The predicted octanol–water partition coefficient (Wildman–Crippen LogP) is 10.0. The van der Waals surface area contributed by atoms with E-state index in [1.165, 1.54) is 55.7 Å². The van der Waals surface area contributed by atoms with E-state index in [0.29, 0.717) is 5.70 Å². The van der Waals surface area contributed by atoms with E-state index >= 15 is 0 Å². The monoisotopic (exact) mass is 646 g/mol. The number of allylic oxidation sites excluding steroid dienone is 7. The topological polar surface area (TPSA) is 96.0 Å². The number of hydrogen-bond donors (Lipinski definition) is 2. The van der Waals surface area contributed by atoms with Gasteiger partial charge in [-0.15, -0.1) is 12.8 Å². The van der Waals surface area contributed by atoms with Crippen molar-refractivity contribution in [2.24, 2.45) is 16.6 Å². The zero-order chi connectivity index (χ0) is 37.1. The van der Waals surface area contributed by atoms with Crippen molar-refractivity contribution in [3.63, 3.8) is 0 Å². The molecule has 0 spiro atoms. The van der Waals surface area contributed by atoms with Gasteiger partial charge < -0.3 is 15.7 Å². The molecule has 1 saturated carbocycles. The average Bonchev–Trinajstić information content (AvgIpc) is 3.53. The van der Waals surface area contributed by atoms with Gasteiger partial charge in [-0.2, -0.15) is 0 Å².